The monoisotopic (exact) mass is 307 g/mol. The predicted octanol–water partition coefficient (Wildman–Crippen LogP) is 3.56. The van der Waals surface area contributed by atoms with E-state index < -0.39 is 5.60 Å². The smallest absolute Gasteiger partial charge is 0.410 e. The summed E-state index contributed by atoms with van der Waals surface area (Å²) >= 11 is 0. The Morgan fingerprint density at radius 1 is 1.36 bits per heavy atom. The van der Waals surface area contributed by atoms with E-state index in [0.717, 1.165) is 24.8 Å². The van der Waals surface area contributed by atoms with E-state index in [2.05, 4.69) is 6.92 Å². The van der Waals surface area contributed by atoms with Crippen molar-refractivity contribution < 1.29 is 19.0 Å². The standard InChI is InChI=1S/C17H25NO4/c1-5-6-11-21-15-12-13(7-8-14(15)20-4)17(2)9-10-18(3)16(19)22-17/h7-8,12H,5-6,9-11H2,1-4H3. The molecule has 1 aliphatic rings. The quantitative estimate of drug-likeness (QED) is 0.754. The first kappa shape index (κ1) is 16.5. The summed E-state index contributed by atoms with van der Waals surface area (Å²) in [6, 6.07) is 5.73. The molecule has 1 atom stereocenters. The summed E-state index contributed by atoms with van der Waals surface area (Å²) in [4.78, 5) is 13.4. The van der Waals surface area contributed by atoms with Crippen LogP contribution < -0.4 is 9.47 Å². The van der Waals surface area contributed by atoms with Gasteiger partial charge in [-0.15, -0.1) is 0 Å². The number of hydrogen-bond donors (Lipinski definition) is 0. The summed E-state index contributed by atoms with van der Waals surface area (Å²) in [6.07, 6.45) is 2.52. The molecule has 1 saturated heterocycles. The molecule has 5 heteroatoms. The van der Waals surface area contributed by atoms with Crippen LogP contribution in [0.5, 0.6) is 11.5 Å². The fourth-order valence-corrected chi connectivity index (χ4v) is 2.44. The average Bonchev–Trinajstić information content (AvgIpc) is 2.51. The second kappa shape index (κ2) is 6.90. The molecule has 1 fully saturated rings. The second-order valence-electron chi connectivity index (χ2n) is 5.84. The van der Waals surface area contributed by atoms with Crippen molar-refractivity contribution in [2.24, 2.45) is 0 Å². The number of rotatable bonds is 6. The third-order valence-corrected chi connectivity index (χ3v) is 4.08. The number of hydrogen-bond acceptors (Lipinski definition) is 4. The minimum atomic E-state index is -0.626. The van der Waals surface area contributed by atoms with E-state index in [4.69, 9.17) is 14.2 Å². The minimum absolute atomic E-state index is 0.294. The third kappa shape index (κ3) is 3.46. The van der Waals surface area contributed by atoms with Gasteiger partial charge in [0.2, 0.25) is 0 Å². The fourth-order valence-electron chi connectivity index (χ4n) is 2.44. The highest BCUT2D eigenvalue weighted by molar-refractivity contribution is 5.69. The number of nitrogens with zero attached hydrogens (tertiary/aromatic N) is 1. The predicted molar refractivity (Wildman–Crippen MR) is 84.5 cm³/mol. The van der Waals surface area contributed by atoms with Gasteiger partial charge in [0.25, 0.3) is 0 Å². The molecule has 2 rings (SSSR count). The van der Waals surface area contributed by atoms with Crippen molar-refractivity contribution in [1.29, 1.82) is 0 Å². The molecule has 1 amide bonds. The van der Waals surface area contributed by atoms with Crippen molar-refractivity contribution in [2.45, 2.75) is 38.7 Å². The van der Waals surface area contributed by atoms with Crippen LogP contribution >= 0.6 is 0 Å². The van der Waals surface area contributed by atoms with Gasteiger partial charge in [-0.2, -0.15) is 0 Å². The van der Waals surface area contributed by atoms with E-state index >= 15 is 0 Å². The molecule has 1 unspecified atom stereocenters. The highest BCUT2D eigenvalue weighted by Crippen LogP contribution is 2.38. The summed E-state index contributed by atoms with van der Waals surface area (Å²) in [5.41, 5.74) is 0.305. The molecule has 122 valence electrons. The maximum atomic E-state index is 11.8. The van der Waals surface area contributed by atoms with Gasteiger partial charge in [-0.1, -0.05) is 19.4 Å². The molecule has 1 heterocycles. The van der Waals surface area contributed by atoms with E-state index in [1.54, 1.807) is 19.1 Å². The van der Waals surface area contributed by atoms with Crippen LogP contribution in [0.25, 0.3) is 0 Å². The lowest BCUT2D eigenvalue weighted by Crippen LogP contribution is -2.44. The van der Waals surface area contributed by atoms with Gasteiger partial charge < -0.3 is 19.1 Å². The number of unbranched alkanes of at least 4 members (excludes halogenated alkanes) is 1. The lowest BCUT2D eigenvalue weighted by atomic mass is 9.90. The van der Waals surface area contributed by atoms with Gasteiger partial charge in [-0.25, -0.2) is 4.79 Å². The van der Waals surface area contributed by atoms with Crippen LogP contribution in [-0.2, 0) is 10.3 Å². The van der Waals surface area contributed by atoms with Crippen LogP contribution in [0.15, 0.2) is 18.2 Å². The van der Waals surface area contributed by atoms with Crippen molar-refractivity contribution in [3.05, 3.63) is 23.8 Å². The SMILES string of the molecule is CCCCOc1cc(C2(C)CCN(C)C(=O)O2)ccc1OC. The summed E-state index contributed by atoms with van der Waals surface area (Å²) in [6.45, 7) is 5.38. The molecule has 1 aromatic rings. The molecule has 0 saturated carbocycles. The third-order valence-electron chi connectivity index (χ3n) is 4.08. The van der Waals surface area contributed by atoms with Gasteiger partial charge in [0.1, 0.15) is 5.60 Å². The summed E-state index contributed by atoms with van der Waals surface area (Å²) in [7, 11) is 3.37. The van der Waals surface area contributed by atoms with Crippen LogP contribution in [0.3, 0.4) is 0 Å². The normalized spacial score (nSPS) is 21.5. The first-order chi connectivity index (χ1) is 10.5. The largest absolute Gasteiger partial charge is 0.493 e. The number of carbonyl (C=O) groups is 1. The average molecular weight is 307 g/mol. The Morgan fingerprint density at radius 2 is 2.14 bits per heavy atom. The molecule has 0 N–H and O–H groups in total. The number of ether oxygens (including phenoxy) is 3. The zero-order valence-corrected chi connectivity index (χ0v) is 13.8. The molecular formula is C17H25NO4. The molecule has 0 aromatic heterocycles. The molecule has 5 nitrogen and oxygen atoms in total. The topological polar surface area (TPSA) is 48.0 Å². The van der Waals surface area contributed by atoms with Crippen molar-refractivity contribution in [3.8, 4) is 11.5 Å². The highest BCUT2D eigenvalue weighted by atomic mass is 16.6. The first-order valence-corrected chi connectivity index (χ1v) is 7.75. The number of carbonyl (C=O) groups excluding carboxylic acids is 1. The van der Waals surface area contributed by atoms with E-state index in [1.807, 2.05) is 25.1 Å². The number of cyclic esters (lactones) is 1. The van der Waals surface area contributed by atoms with Gasteiger partial charge in [-0.05, 0) is 31.0 Å². The van der Waals surface area contributed by atoms with Gasteiger partial charge in [0.15, 0.2) is 11.5 Å². The lowest BCUT2D eigenvalue weighted by Gasteiger charge is -2.37. The van der Waals surface area contributed by atoms with Crippen molar-refractivity contribution in [2.75, 3.05) is 27.3 Å². The number of methoxy groups -OCH3 is 1. The molecule has 1 aromatic carbocycles. The fraction of sp³-hybridized carbons (Fsp3) is 0.588. The van der Waals surface area contributed by atoms with E-state index in [1.165, 1.54) is 0 Å². The van der Waals surface area contributed by atoms with E-state index in [9.17, 15) is 4.79 Å². The van der Waals surface area contributed by atoms with Crippen LogP contribution in [0, 0.1) is 0 Å². The maximum absolute atomic E-state index is 11.8. The Hall–Kier alpha value is -1.91. The highest BCUT2D eigenvalue weighted by Gasteiger charge is 2.37. The number of benzene rings is 1. The molecule has 22 heavy (non-hydrogen) atoms. The Bertz CT molecular complexity index is 531. The lowest BCUT2D eigenvalue weighted by molar-refractivity contribution is -0.0352. The van der Waals surface area contributed by atoms with Gasteiger partial charge in [0.05, 0.1) is 13.7 Å². The van der Waals surface area contributed by atoms with Crippen LogP contribution in [0.2, 0.25) is 0 Å². The van der Waals surface area contributed by atoms with Gasteiger partial charge in [-0.3, -0.25) is 0 Å². The molecule has 1 aliphatic heterocycles. The molecule has 0 aliphatic carbocycles. The molecule has 0 radical (unpaired) electrons. The second-order valence-corrected chi connectivity index (χ2v) is 5.84. The summed E-state index contributed by atoms with van der Waals surface area (Å²) < 4.78 is 16.8. The van der Waals surface area contributed by atoms with E-state index in [0.29, 0.717) is 24.7 Å². The zero-order chi connectivity index (χ0) is 16.2. The Balaban J connectivity index is 2.23. The maximum Gasteiger partial charge on any atom is 0.410 e. The summed E-state index contributed by atoms with van der Waals surface area (Å²) in [5.74, 6) is 1.40. The Kier molecular flexibility index (Phi) is 5.16. The molecule has 0 bridgehead atoms. The minimum Gasteiger partial charge on any atom is -0.493 e. The van der Waals surface area contributed by atoms with Crippen molar-refractivity contribution in [1.82, 2.24) is 4.90 Å². The number of amides is 1. The molecule has 0 spiro atoms. The van der Waals surface area contributed by atoms with Gasteiger partial charge in [0, 0.05) is 20.0 Å². The van der Waals surface area contributed by atoms with Crippen LogP contribution in [0.4, 0.5) is 4.79 Å². The van der Waals surface area contributed by atoms with Gasteiger partial charge >= 0.3 is 6.09 Å². The Morgan fingerprint density at radius 3 is 2.77 bits per heavy atom. The zero-order valence-electron chi connectivity index (χ0n) is 13.8. The van der Waals surface area contributed by atoms with Crippen LogP contribution in [0.1, 0.15) is 38.7 Å². The van der Waals surface area contributed by atoms with Crippen molar-refractivity contribution >= 4 is 6.09 Å². The van der Waals surface area contributed by atoms with Crippen LogP contribution in [-0.4, -0.2) is 38.3 Å². The van der Waals surface area contributed by atoms with E-state index in [-0.39, 0.29) is 6.09 Å². The first-order valence-electron chi connectivity index (χ1n) is 7.75. The Labute approximate surface area is 132 Å². The summed E-state index contributed by atoms with van der Waals surface area (Å²) in [5, 5.41) is 0. The molecular weight excluding hydrogens is 282 g/mol. The van der Waals surface area contributed by atoms with Crippen molar-refractivity contribution in [3.63, 3.8) is 0 Å².